The fourth-order valence-electron chi connectivity index (χ4n) is 2.79. The first-order valence-electron chi connectivity index (χ1n) is 7.12. The smallest absolute Gasteiger partial charge is 0.406 e. The number of aromatic nitrogens is 1. The highest BCUT2D eigenvalue weighted by Crippen LogP contribution is 2.35. The number of amides is 1. The minimum atomic E-state index is -4.79. The lowest BCUT2D eigenvalue weighted by Crippen LogP contribution is -2.17. The van der Waals surface area contributed by atoms with Gasteiger partial charge in [-0.2, -0.15) is 0 Å². The first kappa shape index (κ1) is 17.7. The van der Waals surface area contributed by atoms with Crippen molar-refractivity contribution in [1.82, 2.24) is 4.57 Å². The number of alkyl halides is 3. The average Bonchev–Trinajstić information content (AvgIpc) is 2.70. The van der Waals surface area contributed by atoms with Crippen molar-refractivity contribution in [2.45, 2.75) is 26.8 Å². The van der Waals surface area contributed by atoms with E-state index in [1.54, 1.807) is 26.0 Å². The Hall–Kier alpha value is -2.70. The Bertz CT molecular complexity index is 792. The van der Waals surface area contributed by atoms with Crippen LogP contribution in [0.3, 0.4) is 0 Å². The summed E-state index contributed by atoms with van der Waals surface area (Å²) in [5.74, 6) is -1.00. The van der Waals surface area contributed by atoms with Crippen molar-refractivity contribution in [3.05, 3.63) is 53.9 Å². The first-order chi connectivity index (χ1) is 11.2. The number of nitrogens with two attached hydrogens (primary N) is 1. The summed E-state index contributed by atoms with van der Waals surface area (Å²) < 4.78 is 43.0. The first-order valence-corrected chi connectivity index (χ1v) is 7.12. The Balaban J connectivity index is 2.64. The molecule has 0 saturated carbocycles. The van der Waals surface area contributed by atoms with Crippen LogP contribution >= 0.6 is 0 Å². The molecule has 24 heavy (non-hydrogen) atoms. The number of nitrogens with zero attached hydrogens (tertiary/aromatic N) is 1. The quantitative estimate of drug-likeness (QED) is 0.839. The van der Waals surface area contributed by atoms with Gasteiger partial charge in [0.15, 0.2) is 0 Å². The van der Waals surface area contributed by atoms with Crippen LogP contribution in [-0.4, -0.2) is 16.8 Å². The fraction of sp³-hybridized carbons (Fsp3) is 0.235. The van der Waals surface area contributed by atoms with Crippen molar-refractivity contribution < 1.29 is 22.7 Å². The summed E-state index contributed by atoms with van der Waals surface area (Å²) in [6.07, 6.45) is -3.12. The summed E-state index contributed by atoms with van der Waals surface area (Å²) in [5, 5.41) is 0. The van der Waals surface area contributed by atoms with Crippen molar-refractivity contribution in [2.24, 2.45) is 5.73 Å². The number of carbonyl (C=O) groups excluding carboxylic acids is 1. The lowest BCUT2D eigenvalue weighted by atomic mass is 10.00. The van der Waals surface area contributed by atoms with E-state index in [9.17, 15) is 18.0 Å². The molecule has 0 aliphatic carbocycles. The molecule has 0 fully saturated rings. The van der Waals surface area contributed by atoms with Gasteiger partial charge in [-0.15, -0.1) is 19.8 Å². The van der Waals surface area contributed by atoms with Crippen LogP contribution in [0.1, 0.15) is 21.7 Å². The van der Waals surface area contributed by atoms with Crippen LogP contribution in [0.4, 0.5) is 13.2 Å². The Labute approximate surface area is 137 Å². The van der Waals surface area contributed by atoms with Crippen molar-refractivity contribution in [2.75, 3.05) is 0 Å². The third kappa shape index (κ3) is 3.45. The average molecular weight is 338 g/mol. The monoisotopic (exact) mass is 338 g/mol. The number of halogens is 3. The molecule has 2 aromatic rings. The van der Waals surface area contributed by atoms with Crippen LogP contribution in [0.2, 0.25) is 0 Å². The van der Waals surface area contributed by atoms with Gasteiger partial charge in [0, 0.05) is 23.5 Å². The van der Waals surface area contributed by atoms with Crippen LogP contribution in [0.5, 0.6) is 5.75 Å². The van der Waals surface area contributed by atoms with Crippen LogP contribution in [-0.2, 0) is 6.54 Å². The lowest BCUT2D eigenvalue weighted by Gasteiger charge is -2.11. The molecule has 7 heteroatoms. The van der Waals surface area contributed by atoms with Crippen LogP contribution < -0.4 is 10.5 Å². The predicted octanol–water partition coefficient (Wildman–Crippen LogP) is 3.96. The minimum Gasteiger partial charge on any atom is -0.406 e. The Morgan fingerprint density at radius 2 is 2.00 bits per heavy atom. The zero-order valence-electron chi connectivity index (χ0n) is 13.3. The number of primary amides is 1. The Morgan fingerprint density at radius 3 is 2.54 bits per heavy atom. The molecule has 1 amide bonds. The number of ether oxygens (including phenoxy) is 1. The second-order valence-corrected chi connectivity index (χ2v) is 5.26. The van der Waals surface area contributed by atoms with Crippen LogP contribution in [0.25, 0.3) is 11.1 Å². The van der Waals surface area contributed by atoms with E-state index < -0.39 is 12.3 Å². The molecule has 0 saturated heterocycles. The fourth-order valence-corrected chi connectivity index (χ4v) is 2.79. The van der Waals surface area contributed by atoms with Gasteiger partial charge in [-0.3, -0.25) is 4.79 Å². The standard InChI is InChI=1S/C17H17F3N2O2/c1-4-8-22-10(2)14(15(11(22)3)16(21)23)12-6-5-7-13(9-12)24-17(18,19)20/h4-7,9H,1,8H2,2-3H3,(H2,21,23). The third-order valence-corrected chi connectivity index (χ3v) is 3.70. The van der Waals surface area contributed by atoms with Crippen molar-refractivity contribution in [3.63, 3.8) is 0 Å². The molecule has 4 nitrogen and oxygen atoms in total. The highest BCUT2D eigenvalue weighted by Gasteiger charge is 2.31. The largest absolute Gasteiger partial charge is 0.573 e. The van der Waals surface area contributed by atoms with E-state index >= 15 is 0 Å². The maximum absolute atomic E-state index is 12.4. The molecule has 0 aliphatic heterocycles. The molecule has 1 aromatic carbocycles. The number of allylic oxidation sites excluding steroid dienone is 1. The molecule has 1 aromatic heterocycles. The number of rotatable bonds is 5. The van der Waals surface area contributed by atoms with E-state index in [4.69, 9.17) is 5.73 Å². The van der Waals surface area contributed by atoms with Gasteiger partial charge in [-0.05, 0) is 31.5 Å². The summed E-state index contributed by atoms with van der Waals surface area (Å²) in [6.45, 7) is 7.63. The predicted molar refractivity (Wildman–Crippen MR) is 84.7 cm³/mol. The van der Waals surface area contributed by atoms with Gasteiger partial charge in [0.25, 0.3) is 5.91 Å². The third-order valence-electron chi connectivity index (χ3n) is 3.70. The van der Waals surface area contributed by atoms with E-state index in [0.717, 1.165) is 0 Å². The second-order valence-electron chi connectivity index (χ2n) is 5.26. The van der Waals surface area contributed by atoms with Crippen molar-refractivity contribution in [3.8, 4) is 16.9 Å². The summed E-state index contributed by atoms with van der Waals surface area (Å²) >= 11 is 0. The zero-order chi connectivity index (χ0) is 18.1. The molecule has 0 bridgehead atoms. The second kappa shape index (κ2) is 6.43. The van der Waals surface area contributed by atoms with Gasteiger partial charge in [-0.1, -0.05) is 18.2 Å². The Morgan fingerprint density at radius 1 is 1.33 bits per heavy atom. The van der Waals surface area contributed by atoms with Crippen LogP contribution in [0.15, 0.2) is 36.9 Å². The number of hydrogen-bond donors (Lipinski definition) is 1. The Kier molecular flexibility index (Phi) is 4.73. The highest BCUT2D eigenvalue weighted by molar-refractivity contribution is 6.02. The van der Waals surface area contributed by atoms with E-state index in [2.05, 4.69) is 11.3 Å². The molecule has 128 valence electrons. The molecule has 1 heterocycles. The molecule has 2 rings (SSSR count). The SMILES string of the molecule is C=CCn1c(C)c(C(N)=O)c(-c2cccc(OC(F)(F)F)c2)c1C. The van der Waals surface area contributed by atoms with Gasteiger partial charge in [0.05, 0.1) is 5.56 Å². The van der Waals surface area contributed by atoms with Gasteiger partial charge in [0.2, 0.25) is 0 Å². The molecule has 2 N–H and O–H groups in total. The molecule has 0 unspecified atom stereocenters. The highest BCUT2D eigenvalue weighted by atomic mass is 19.4. The van der Waals surface area contributed by atoms with E-state index in [1.165, 1.54) is 18.2 Å². The maximum atomic E-state index is 12.4. The van der Waals surface area contributed by atoms with Crippen molar-refractivity contribution >= 4 is 5.91 Å². The zero-order valence-corrected chi connectivity index (χ0v) is 13.3. The van der Waals surface area contributed by atoms with Gasteiger partial charge in [0.1, 0.15) is 5.75 Å². The number of carbonyl (C=O) groups is 1. The number of hydrogen-bond acceptors (Lipinski definition) is 2. The molecular formula is C17H17F3N2O2. The van der Waals surface area contributed by atoms with E-state index in [-0.39, 0.29) is 11.3 Å². The molecule has 0 radical (unpaired) electrons. The van der Waals surface area contributed by atoms with Gasteiger partial charge in [-0.25, -0.2) is 0 Å². The van der Waals surface area contributed by atoms with Crippen LogP contribution in [0, 0.1) is 13.8 Å². The molecule has 0 atom stereocenters. The topological polar surface area (TPSA) is 57.2 Å². The lowest BCUT2D eigenvalue weighted by molar-refractivity contribution is -0.274. The van der Waals surface area contributed by atoms with E-state index in [1.807, 2.05) is 4.57 Å². The van der Waals surface area contributed by atoms with Gasteiger partial charge < -0.3 is 15.0 Å². The number of benzene rings is 1. The normalized spacial score (nSPS) is 11.4. The van der Waals surface area contributed by atoms with E-state index in [0.29, 0.717) is 29.1 Å². The summed E-state index contributed by atoms with van der Waals surface area (Å²) in [5.41, 5.74) is 8.03. The molecular weight excluding hydrogens is 321 g/mol. The van der Waals surface area contributed by atoms with Crippen molar-refractivity contribution in [1.29, 1.82) is 0 Å². The summed E-state index contributed by atoms with van der Waals surface area (Å²) in [7, 11) is 0. The molecule has 0 spiro atoms. The summed E-state index contributed by atoms with van der Waals surface area (Å²) in [6, 6.07) is 5.47. The summed E-state index contributed by atoms with van der Waals surface area (Å²) in [4.78, 5) is 11.9. The van der Waals surface area contributed by atoms with Gasteiger partial charge >= 0.3 is 6.36 Å². The molecule has 0 aliphatic rings. The maximum Gasteiger partial charge on any atom is 0.573 e. The minimum absolute atomic E-state index is 0.276.